The Balaban J connectivity index is 2.22. The van der Waals surface area contributed by atoms with Gasteiger partial charge in [-0.2, -0.15) is 0 Å². The lowest BCUT2D eigenvalue weighted by atomic mass is 9.47. The third-order valence-electron chi connectivity index (χ3n) is 7.33. The molecule has 1 fully saturated rings. The summed E-state index contributed by atoms with van der Waals surface area (Å²) in [5, 5.41) is 0. The van der Waals surface area contributed by atoms with Crippen LogP contribution in [0, 0.1) is 28.6 Å². The van der Waals surface area contributed by atoms with Crippen LogP contribution in [0.4, 0.5) is 0 Å². The third kappa shape index (κ3) is 3.97. The van der Waals surface area contributed by atoms with Gasteiger partial charge in [0.25, 0.3) is 0 Å². The molecule has 0 N–H and O–H groups in total. The average molecular weight is 351 g/mol. The van der Waals surface area contributed by atoms with Crippen LogP contribution in [-0.4, -0.2) is 25.8 Å². The maximum absolute atomic E-state index is 11.6. The number of ether oxygens (including phenoxy) is 2. The topological polar surface area (TPSA) is 35.5 Å². The summed E-state index contributed by atoms with van der Waals surface area (Å²) in [6, 6.07) is 0. The van der Waals surface area contributed by atoms with E-state index < -0.39 is 0 Å². The number of hydrogen-bond acceptors (Lipinski definition) is 3. The molecule has 3 nitrogen and oxygen atoms in total. The number of allylic oxidation sites excluding steroid dienone is 1. The zero-order valence-electron chi connectivity index (χ0n) is 17.4. The molecular formula is C22H38O3. The normalized spacial score (nSPS) is 38.0. The van der Waals surface area contributed by atoms with Crippen molar-refractivity contribution in [3.63, 3.8) is 0 Å². The zero-order chi connectivity index (χ0) is 18.9. The molecule has 2 aliphatic carbocycles. The molecule has 0 heterocycles. The first kappa shape index (κ1) is 20.5. The molecule has 0 radical (unpaired) electrons. The molecule has 3 heteroatoms. The number of carbonyl (C=O) groups is 1. The Kier molecular flexibility index (Phi) is 6.08. The number of fused-ring (bicyclic) bond motifs is 1. The van der Waals surface area contributed by atoms with Crippen LogP contribution in [0.15, 0.2) is 12.2 Å². The Morgan fingerprint density at radius 2 is 1.88 bits per heavy atom. The molecule has 0 aromatic heterocycles. The minimum Gasteiger partial charge on any atom is -0.469 e. The predicted octanol–water partition coefficient (Wildman–Crippen LogP) is 5.39. The van der Waals surface area contributed by atoms with E-state index in [0.717, 1.165) is 12.8 Å². The van der Waals surface area contributed by atoms with Gasteiger partial charge >= 0.3 is 5.97 Å². The van der Waals surface area contributed by atoms with E-state index in [9.17, 15) is 4.79 Å². The van der Waals surface area contributed by atoms with Gasteiger partial charge in [0.2, 0.25) is 0 Å². The van der Waals surface area contributed by atoms with Crippen LogP contribution in [0.2, 0.25) is 0 Å². The van der Waals surface area contributed by atoms with Crippen LogP contribution in [-0.2, 0) is 14.3 Å². The lowest BCUT2D eigenvalue weighted by Crippen LogP contribution is -2.55. The van der Waals surface area contributed by atoms with Gasteiger partial charge in [-0.05, 0) is 61.2 Å². The molecule has 0 amide bonds. The molecule has 25 heavy (non-hydrogen) atoms. The smallest absolute Gasteiger partial charge is 0.305 e. The first-order chi connectivity index (χ1) is 11.6. The van der Waals surface area contributed by atoms with Gasteiger partial charge in [0.05, 0.1) is 12.7 Å². The molecule has 5 unspecified atom stereocenters. The van der Waals surface area contributed by atoms with Crippen LogP contribution >= 0.6 is 0 Å². The molecule has 0 aromatic carbocycles. The van der Waals surface area contributed by atoms with Gasteiger partial charge in [-0.15, -0.1) is 0 Å². The van der Waals surface area contributed by atoms with E-state index in [1.54, 1.807) is 0 Å². The monoisotopic (exact) mass is 350 g/mol. The molecule has 144 valence electrons. The molecule has 2 aliphatic rings. The second-order valence-electron chi connectivity index (χ2n) is 9.59. The van der Waals surface area contributed by atoms with Crippen LogP contribution < -0.4 is 0 Å². The molecule has 0 spiro atoms. The van der Waals surface area contributed by atoms with Crippen molar-refractivity contribution in [1.82, 2.24) is 0 Å². The SMILES string of the molecule is COC(=O)CC(C)CCC1C(C)(OC)C=CC2C(C)(C)CCCC21C. The Morgan fingerprint density at radius 3 is 2.48 bits per heavy atom. The summed E-state index contributed by atoms with van der Waals surface area (Å²) in [6.45, 7) is 11.7. The van der Waals surface area contributed by atoms with E-state index in [2.05, 4.69) is 46.8 Å². The Hall–Kier alpha value is -0.830. The fraction of sp³-hybridized carbons (Fsp3) is 0.864. The number of methoxy groups -OCH3 is 2. The highest BCUT2D eigenvalue weighted by molar-refractivity contribution is 5.69. The van der Waals surface area contributed by atoms with Crippen LogP contribution in [0.5, 0.6) is 0 Å². The Labute approximate surface area is 154 Å². The summed E-state index contributed by atoms with van der Waals surface area (Å²) in [7, 11) is 3.31. The molecule has 0 bridgehead atoms. The van der Waals surface area contributed by atoms with Crippen molar-refractivity contribution in [3.05, 3.63) is 12.2 Å². The summed E-state index contributed by atoms with van der Waals surface area (Å²) in [5.74, 6) is 1.31. The minimum atomic E-state index is -0.219. The lowest BCUT2D eigenvalue weighted by Gasteiger charge is -2.59. The van der Waals surface area contributed by atoms with Gasteiger partial charge in [0, 0.05) is 13.5 Å². The fourth-order valence-electron chi connectivity index (χ4n) is 5.81. The highest BCUT2D eigenvalue weighted by atomic mass is 16.5. The summed E-state index contributed by atoms with van der Waals surface area (Å²) in [6.07, 6.45) is 11.3. The van der Waals surface area contributed by atoms with Gasteiger partial charge in [-0.1, -0.05) is 46.3 Å². The van der Waals surface area contributed by atoms with E-state index >= 15 is 0 Å². The molecule has 0 saturated heterocycles. The summed E-state index contributed by atoms with van der Waals surface area (Å²) in [4.78, 5) is 11.6. The number of rotatable bonds is 6. The van der Waals surface area contributed by atoms with Crippen LogP contribution in [0.25, 0.3) is 0 Å². The van der Waals surface area contributed by atoms with E-state index in [-0.39, 0.29) is 17.0 Å². The van der Waals surface area contributed by atoms with Crippen molar-refractivity contribution in [3.8, 4) is 0 Å². The van der Waals surface area contributed by atoms with Gasteiger partial charge in [0.1, 0.15) is 0 Å². The molecule has 5 atom stereocenters. The predicted molar refractivity (Wildman–Crippen MR) is 102 cm³/mol. The van der Waals surface area contributed by atoms with E-state index in [1.165, 1.54) is 26.4 Å². The molecular weight excluding hydrogens is 312 g/mol. The third-order valence-corrected chi connectivity index (χ3v) is 7.33. The summed E-state index contributed by atoms with van der Waals surface area (Å²) < 4.78 is 10.9. The molecule has 1 saturated carbocycles. The fourth-order valence-corrected chi connectivity index (χ4v) is 5.81. The van der Waals surface area contributed by atoms with Crippen molar-refractivity contribution < 1.29 is 14.3 Å². The Morgan fingerprint density at radius 1 is 1.20 bits per heavy atom. The summed E-state index contributed by atoms with van der Waals surface area (Å²) >= 11 is 0. The van der Waals surface area contributed by atoms with E-state index in [4.69, 9.17) is 9.47 Å². The second kappa shape index (κ2) is 7.42. The van der Waals surface area contributed by atoms with Crippen molar-refractivity contribution in [1.29, 1.82) is 0 Å². The zero-order valence-corrected chi connectivity index (χ0v) is 17.4. The van der Waals surface area contributed by atoms with Crippen molar-refractivity contribution in [2.75, 3.05) is 14.2 Å². The largest absolute Gasteiger partial charge is 0.469 e. The van der Waals surface area contributed by atoms with Crippen LogP contribution in [0.3, 0.4) is 0 Å². The van der Waals surface area contributed by atoms with Crippen molar-refractivity contribution in [2.45, 2.75) is 78.7 Å². The molecule has 0 aromatic rings. The first-order valence-electron chi connectivity index (χ1n) is 9.90. The maximum atomic E-state index is 11.6. The van der Waals surface area contributed by atoms with Gasteiger partial charge in [-0.25, -0.2) is 0 Å². The van der Waals surface area contributed by atoms with E-state index in [0.29, 0.717) is 29.6 Å². The number of carbonyl (C=O) groups excluding carboxylic acids is 1. The highest BCUT2D eigenvalue weighted by Gasteiger charge is 2.56. The Bertz CT molecular complexity index is 509. The summed E-state index contributed by atoms with van der Waals surface area (Å²) in [5.41, 5.74) is 0.379. The van der Waals surface area contributed by atoms with E-state index in [1.807, 2.05) is 7.11 Å². The quantitative estimate of drug-likeness (QED) is 0.476. The first-order valence-corrected chi connectivity index (χ1v) is 9.90. The van der Waals surface area contributed by atoms with Crippen molar-refractivity contribution in [2.24, 2.45) is 28.6 Å². The number of hydrogen-bond donors (Lipinski definition) is 0. The molecule has 0 aliphatic heterocycles. The maximum Gasteiger partial charge on any atom is 0.305 e. The van der Waals surface area contributed by atoms with Gasteiger partial charge < -0.3 is 9.47 Å². The molecule has 2 rings (SSSR count). The van der Waals surface area contributed by atoms with Gasteiger partial charge in [-0.3, -0.25) is 4.79 Å². The average Bonchev–Trinajstić information content (AvgIpc) is 2.53. The van der Waals surface area contributed by atoms with Crippen molar-refractivity contribution >= 4 is 5.97 Å². The lowest BCUT2D eigenvalue weighted by molar-refractivity contribution is -0.141. The highest BCUT2D eigenvalue weighted by Crippen LogP contribution is 2.61. The second-order valence-corrected chi connectivity index (χ2v) is 9.59. The minimum absolute atomic E-state index is 0.103. The standard InChI is InChI=1S/C22H38O3/c1-16(15-19(23)24-6)9-10-18-21(4)13-8-12-20(2,3)17(21)11-14-22(18,5)25-7/h11,14,16-18H,8-10,12-13,15H2,1-7H3. The van der Waals surface area contributed by atoms with Gasteiger partial charge in [0.15, 0.2) is 0 Å². The van der Waals surface area contributed by atoms with Crippen LogP contribution in [0.1, 0.15) is 73.1 Å². The number of esters is 1.